The molecule has 0 amide bonds. The van der Waals surface area contributed by atoms with Crippen molar-refractivity contribution in [2.75, 3.05) is 13.2 Å². The van der Waals surface area contributed by atoms with E-state index in [-0.39, 0.29) is 6.61 Å². The van der Waals surface area contributed by atoms with Gasteiger partial charge in [0.1, 0.15) is 11.8 Å². The Balaban J connectivity index is 2.66. The maximum Gasteiger partial charge on any atom is 0.174 e. The summed E-state index contributed by atoms with van der Waals surface area (Å²) in [7, 11) is 0. The Kier molecular flexibility index (Phi) is 4.96. The van der Waals surface area contributed by atoms with Gasteiger partial charge >= 0.3 is 0 Å². The molecule has 1 N–H and O–H groups in total. The predicted octanol–water partition coefficient (Wildman–Crippen LogP) is 2.35. The molecule has 0 aliphatic carbocycles. The zero-order valence-electron chi connectivity index (χ0n) is 8.59. The Bertz CT molecular complexity index is 360. The minimum Gasteiger partial charge on any atom is -0.477 e. The summed E-state index contributed by atoms with van der Waals surface area (Å²) in [4.78, 5) is 0. The molecule has 15 heavy (non-hydrogen) atoms. The fraction of sp³-hybridized carbons (Fsp3) is 0.364. The summed E-state index contributed by atoms with van der Waals surface area (Å²) in [5, 5.41) is 12.1. The second-order valence-corrected chi connectivity index (χ2v) is 3.40. The van der Waals surface area contributed by atoms with Crippen LogP contribution in [0.25, 0.3) is 0 Å². The van der Waals surface area contributed by atoms with E-state index in [1.165, 1.54) is 0 Å². The van der Waals surface area contributed by atoms with Crippen LogP contribution in [0.2, 0.25) is 5.02 Å². The van der Waals surface area contributed by atoms with E-state index in [4.69, 9.17) is 21.6 Å². The molecule has 0 atom stereocenters. The van der Waals surface area contributed by atoms with Gasteiger partial charge in [-0.3, -0.25) is 0 Å². The van der Waals surface area contributed by atoms with Crippen molar-refractivity contribution in [3.63, 3.8) is 0 Å². The first-order valence-electron chi connectivity index (χ1n) is 4.76. The molecular formula is C11H13ClN2O. The Labute approximate surface area is 94.6 Å². The van der Waals surface area contributed by atoms with Crippen LogP contribution < -0.4 is 10.1 Å². The summed E-state index contributed by atoms with van der Waals surface area (Å²) >= 11 is 5.98. The summed E-state index contributed by atoms with van der Waals surface area (Å²) in [6.45, 7) is 3.78. The van der Waals surface area contributed by atoms with Gasteiger partial charge in [-0.15, -0.1) is 0 Å². The third-order valence-electron chi connectivity index (χ3n) is 1.87. The lowest BCUT2D eigenvalue weighted by Gasteiger charge is -2.07. The van der Waals surface area contributed by atoms with Crippen LogP contribution in [0.5, 0.6) is 5.75 Å². The molecule has 0 bridgehead atoms. The number of nitrogens with zero attached hydrogens (tertiary/aromatic N) is 1. The zero-order chi connectivity index (χ0) is 11.1. The molecule has 0 heterocycles. The third-order valence-corrected chi connectivity index (χ3v) is 2.16. The van der Waals surface area contributed by atoms with Crippen molar-refractivity contribution in [1.29, 1.82) is 5.26 Å². The standard InChI is InChI=1S/C11H13ClN2O/c1-2-14-8-9-3-4-11(10(12)7-9)15-6-5-13/h3-4,7,14H,2,6,8H2,1H3. The number of hydrogen-bond acceptors (Lipinski definition) is 3. The maximum absolute atomic E-state index is 8.36. The molecule has 3 nitrogen and oxygen atoms in total. The fourth-order valence-electron chi connectivity index (χ4n) is 1.15. The van der Waals surface area contributed by atoms with Gasteiger partial charge in [-0.05, 0) is 24.2 Å². The highest BCUT2D eigenvalue weighted by Gasteiger charge is 2.02. The number of rotatable bonds is 5. The predicted molar refractivity (Wildman–Crippen MR) is 59.9 cm³/mol. The molecule has 0 aliphatic rings. The molecule has 0 aliphatic heterocycles. The molecule has 80 valence electrons. The average Bonchev–Trinajstić information content (AvgIpc) is 2.25. The third kappa shape index (κ3) is 3.78. The van der Waals surface area contributed by atoms with Gasteiger partial charge < -0.3 is 10.1 Å². The lowest BCUT2D eigenvalue weighted by atomic mass is 10.2. The molecule has 1 aromatic carbocycles. The Morgan fingerprint density at radius 1 is 1.53 bits per heavy atom. The van der Waals surface area contributed by atoms with Crippen LogP contribution in [0.1, 0.15) is 12.5 Å². The van der Waals surface area contributed by atoms with E-state index in [0.717, 1.165) is 18.7 Å². The van der Waals surface area contributed by atoms with E-state index in [0.29, 0.717) is 10.8 Å². The minimum atomic E-state index is 0.0201. The lowest BCUT2D eigenvalue weighted by molar-refractivity contribution is 0.368. The molecule has 4 heteroatoms. The fourth-order valence-corrected chi connectivity index (χ4v) is 1.41. The summed E-state index contributed by atoms with van der Waals surface area (Å²) < 4.78 is 5.13. The topological polar surface area (TPSA) is 45.0 Å². The Hall–Kier alpha value is -1.24. The molecule has 0 radical (unpaired) electrons. The van der Waals surface area contributed by atoms with Gasteiger partial charge in [-0.2, -0.15) is 5.26 Å². The highest BCUT2D eigenvalue weighted by molar-refractivity contribution is 6.32. The van der Waals surface area contributed by atoms with E-state index in [9.17, 15) is 0 Å². The molecule has 1 rings (SSSR count). The van der Waals surface area contributed by atoms with Gasteiger partial charge in [0.25, 0.3) is 0 Å². The van der Waals surface area contributed by atoms with Crippen molar-refractivity contribution in [1.82, 2.24) is 5.32 Å². The largest absolute Gasteiger partial charge is 0.477 e. The van der Waals surface area contributed by atoms with Gasteiger partial charge in [-0.1, -0.05) is 24.6 Å². The number of hydrogen-bond donors (Lipinski definition) is 1. The van der Waals surface area contributed by atoms with Crippen LogP contribution in [0.3, 0.4) is 0 Å². The van der Waals surface area contributed by atoms with E-state index in [2.05, 4.69) is 5.32 Å². The number of nitrogens with one attached hydrogen (secondary N) is 1. The maximum atomic E-state index is 8.36. The monoisotopic (exact) mass is 224 g/mol. The van der Waals surface area contributed by atoms with Crippen LogP contribution in [-0.4, -0.2) is 13.2 Å². The van der Waals surface area contributed by atoms with E-state index < -0.39 is 0 Å². The molecular weight excluding hydrogens is 212 g/mol. The van der Waals surface area contributed by atoms with Crippen molar-refractivity contribution in [2.24, 2.45) is 0 Å². The molecule has 0 saturated heterocycles. The Morgan fingerprint density at radius 3 is 2.93 bits per heavy atom. The highest BCUT2D eigenvalue weighted by Crippen LogP contribution is 2.25. The van der Waals surface area contributed by atoms with E-state index in [1.807, 2.05) is 25.1 Å². The first-order valence-corrected chi connectivity index (χ1v) is 5.14. The number of benzene rings is 1. The molecule has 0 fully saturated rings. The Morgan fingerprint density at radius 2 is 2.33 bits per heavy atom. The second kappa shape index (κ2) is 6.28. The summed E-state index contributed by atoms with van der Waals surface area (Å²) in [5.74, 6) is 0.554. The lowest BCUT2D eigenvalue weighted by Crippen LogP contribution is -2.11. The first kappa shape index (κ1) is 11.8. The number of ether oxygens (including phenoxy) is 1. The number of nitriles is 1. The van der Waals surface area contributed by atoms with Crippen molar-refractivity contribution in [3.8, 4) is 11.8 Å². The number of halogens is 1. The normalized spacial score (nSPS) is 9.67. The van der Waals surface area contributed by atoms with Crippen molar-refractivity contribution in [2.45, 2.75) is 13.5 Å². The molecule has 1 aromatic rings. The quantitative estimate of drug-likeness (QED) is 0.835. The minimum absolute atomic E-state index is 0.0201. The van der Waals surface area contributed by atoms with Crippen LogP contribution in [0, 0.1) is 11.3 Å². The zero-order valence-corrected chi connectivity index (χ0v) is 9.34. The molecule has 0 unspecified atom stereocenters. The van der Waals surface area contributed by atoms with Gasteiger partial charge in [0.05, 0.1) is 5.02 Å². The summed E-state index contributed by atoms with van der Waals surface area (Å²) in [5.41, 5.74) is 1.10. The molecule has 0 spiro atoms. The van der Waals surface area contributed by atoms with Crippen molar-refractivity contribution < 1.29 is 4.74 Å². The highest BCUT2D eigenvalue weighted by atomic mass is 35.5. The SMILES string of the molecule is CCNCc1ccc(OCC#N)c(Cl)c1. The van der Waals surface area contributed by atoms with Crippen LogP contribution in [0.4, 0.5) is 0 Å². The van der Waals surface area contributed by atoms with Gasteiger partial charge in [0.2, 0.25) is 0 Å². The van der Waals surface area contributed by atoms with Crippen LogP contribution in [0.15, 0.2) is 18.2 Å². The van der Waals surface area contributed by atoms with E-state index in [1.54, 1.807) is 6.07 Å². The average molecular weight is 225 g/mol. The summed E-state index contributed by atoms with van der Waals surface area (Å²) in [6, 6.07) is 7.46. The van der Waals surface area contributed by atoms with Crippen LogP contribution >= 0.6 is 11.6 Å². The molecule has 0 saturated carbocycles. The first-order chi connectivity index (χ1) is 7.27. The molecule has 0 aromatic heterocycles. The van der Waals surface area contributed by atoms with Gasteiger partial charge in [0, 0.05) is 6.54 Å². The summed E-state index contributed by atoms with van der Waals surface area (Å²) in [6.07, 6.45) is 0. The van der Waals surface area contributed by atoms with Crippen molar-refractivity contribution in [3.05, 3.63) is 28.8 Å². The smallest absolute Gasteiger partial charge is 0.174 e. The van der Waals surface area contributed by atoms with Gasteiger partial charge in [0.15, 0.2) is 6.61 Å². The van der Waals surface area contributed by atoms with Gasteiger partial charge in [-0.25, -0.2) is 0 Å². The van der Waals surface area contributed by atoms with Crippen LogP contribution in [-0.2, 0) is 6.54 Å². The second-order valence-electron chi connectivity index (χ2n) is 2.99. The van der Waals surface area contributed by atoms with Crippen molar-refractivity contribution >= 4 is 11.6 Å². The van der Waals surface area contributed by atoms with E-state index >= 15 is 0 Å².